The number of rotatable bonds is 2. The molecule has 0 spiro atoms. The van der Waals surface area contributed by atoms with E-state index in [1.165, 1.54) is 12.8 Å². The second-order valence-corrected chi connectivity index (χ2v) is 7.73. The number of hydrogen-bond donors (Lipinski definition) is 0. The molecular weight excluding hydrogens is 316 g/mol. The monoisotopic (exact) mass is 342 g/mol. The zero-order valence-corrected chi connectivity index (χ0v) is 15.5. The lowest BCUT2D eigenvalue weighted by molar-refractivity contribution is 0.0730. The number of hydrogen-bond acceptors (Lipinski definition) is 5. The van der Waals surface area contributed by atoms with Gasteiger partial charge in [-0.25, -0.2) is 4.98 Å². The van der Waals surface area contributed by atoms with Gasteiger partial charge in [-0.3, -0.25) is 9.69 Å². The van der Waals surface area contributed by atoms with Crippen LogP contribution in [0.2, 0.25) is 0 Å². The predicted octanol–water partition coefficient (Wildman–Crippen LogP) is 2.93. The van der Waals surface area contributed by atoms with Crippen LogP contribution in [0.15, 0.2) is 10.6 Å². The minimum Gasteiger partial charge on any atom is -0.337 e. The fourth-order valence-electron chi connectivity index (χ4n) is 4.69. The number of aryl methyl sites for hydroxylation is 2. The third-order valence-corrected chi connectivity index (χ3v) is 5.70. The van der Waals surface area contributed by atoms with Crippen LogP contribution in [0, 0.1) is 13.8 Å². The van der Waals surface area contributed by atoms with Crippen LogP contribution in [0.3, 0.4) is 0 Å². The van der Waals surface area contributed by atoms with Crippen LogP contribution in [0.4, 0.5) is 0 Å². The number of nitrogens with zero attached hydrogens (tertiary/aromatic N) is 4. The number of carbonyl (C=O) groups excluding carboxylic acids is 1. The normalized spacial score (nSPS) is 24.3. The second-order valence-electron chi connectivity index (χ2n) is 7.73. The third-order valence-electron chi connectivity index (χ3n) is 5.70. The maximum absolute atomic E-state index is 13.3. The lowest BCUT2D eigenvalue weighted by atomic mass is 10.1. The molecule has 1 amide bonds. The maximum Gasteiger partial charge on any atom is 0.258 e. The molecule has 134 valence electrons. The van der Waals surface area contributed by atoms with E-state index >= 15 is 0 Å². The van der Waals surface area contributed by atoms with E-state index < -0.39 is 0 Å². The van der Waals surface area contributed by atoms with Gasteiger partial charge in [0.2, 0.25) is 0 Å². The Balaban J connectivity index is 1.67. The standard InChI is InChI=1S/C19H26N4O2/c1-11(2)23-14-5-6-15(23)10-22(8-7-14)19(24)16-9-12(3)20-18-17(16)13(4)21-25-18/h9,11,14-15H,5-8,10H2,1-4H3/t14-,15+/m1/s1. The van der Waals surface area contributed by atoms with Gasteiger partial charge >= 0.3 is 0 Å². The van der Waals surface area contributed by atoms with Crippen molar-refractivity contribution in [1.29, 1.82) is 0 Å². The first kappa shape index (κ1) is 16.5. The van der Waals surface area contributed by atoms with Crippen molar-refractivity contribution in [2.45, 2.75) is 65.1 Å². The topological polar surface area (TPSA) is 62.5 Å². The van der Waals surface area contributed by atoms with Crippen molar-refractivity contribution in [2.75, 3.05) is 13.1 Å². The smallest absolute Gasteiger partial charge is 0.258 e. The summed E-state index contributed by atoms with van der Waals surface area (Å²) in [7, 11) is 0. The van der Waals surface area contributed by atoms with Crippen molar-refractivity contribution in [1.82, 2.24) is 19.9 Å². The Morgan fingerprint density at radius 2 is 2.00 bits per heavy atom. The van der Waals surface area contributed by atoms with Crippen LogP contribution in [-0.4, -0.2) is 57.1 Å². The van der Waals surface area contributed by atoms with Gasteiger partial charge in [0, 0.05) is 36.9 Å². The average Bonchev–Trinajstić information content (AvgIpc) is 3.05. The molecule has 2 saturated heterocycles. The van der Waals surface area contributed by atoms with Crippen molar-refractivity contribution in [3.63, 3.8) is 0 Å². The van der Waals surface area contributed by atoms with Gasteiger partial charge in [-0.1, -0.05) is 5.16 Å². The highest BCUT2D eigenvalue weighted by molar-refractivity contribution is 6.06. The van der Waals surface area contributed by atoms with Crippen LogP contribution in [0.5, 0.6) is 0 Å². The summed E-state index contributed by atoms with van der Waals surface area (Å²) in [6.07, 6.45) is 3.49. The van der Waals surface area contributed by atoms with Gasteiger partial charge in [0.15, 0.2) is 0 Å². The quantitative estimate of drug-likeness (QED) is 0.840. The molecule has 6 heteroatoms. The Hall–Kier alpha value is -1.95. The average molecular weight is 342 g/mol. The van der Waals surface area contributed by atoms with Gasteiger partial charge in [0.05, 0.1) is 16.6 Å². The minimum absolute atomic E-state index is 0.0815. The summed E-state index contributed by atoms with van der Waals surface area (Å²) in [4.78, 5) is 22.3. The second kappa shape index (κ2) is 6.09. The Kier molecular flexibility index (Phi) is 4.02. The number of pyridine rings is 1. The van der Waals surface area contributed by atoms with Crippen molar-refractivity contribution in [3.8, 4) is 0 Å². The lowest BCUT2D eigenvalue weighted by Gasteiger charge is -2.32. The first-order chi connectivity index (χ1) is 12.0. The molecule has 2 aromatic rings. The Morgan fingerprint density at radius 3 is 2.76 bits per heavy atom. The molecule has 0 radical (unpaired) electrons. The Labute approximate surface area is 148 Å². The molecule has 0 unspecified atom stereocenters. The first-order valence-corrected chi connectivity index (χ1v) is 9.26. The highest BCUT2D eigenvalue weighted by Gasteiger charge is 2.39. The van der Waals surface area contributed by atoms with Crippen LogP contribution < -0.4 is 0 Å². The molecule has 4 rings (SSSR count). The van der Waals surface area contributed by atoms with Gasteiger partial charge < -0.3 is 9.42 Å². The highest BCUT2D eigenvalue weighted by Crippen LogP contribution is 2.33. The molecule has 0 aromatic carbocycles. The van der Waals surface area contributed by atoms with Crippen LogP contribution in [0.1, 0.15) is 54.9 Å². The molecule has 4 heterocycles. The van der Waals surface area contributed by atoms with E-state index in [9.17, 15) is 4.79 Å². The zero-order valence-electron chi connectivity index (χ0n) is 15.5. The Morgan fingerprint density at radius 1 is 1.24 bits per heavy atom. The molecule has 2 bridgehead atoms. The van der Waals surface area contributed by atoms with Crippen molar-refractivity contribution < 1.29 is 9.32 Å². The lowest BCUT2D eigenvalue weighted by Crippen LogP contribution is -2.44. The third kappa shape index (κ3) is 2.72. The number of aromatic nitrogens is 2. The molecule has 2 aliphatic heterocycles. The highest BCUT2D eigenvalue weighted by atomic mass is 16.5. The number of carbonyl (C=O) groups is 1. The Bertz CT molecular complexity index is 813. The van der Waals surface area contributed by atoms with Crippen LogP contribution >= 0.6 is 0 Å². The molecule has 0 aliphatic carbocycles. The minimum atomic E-state index is 0.0815. The molecule has 0 N–H and O–H groups in total. The van der Waals surface area contributed by atoms with Crippen LogP contribution in [0.25, 0.3) is 11.1 Å². The van der Waals surface area contributed by atoms with Gasteiger partial charge in [0.1, 0.15) is 0 Å². The van der Waals surface area contributed by atoms with Crippen molar-refractivity contribution >= 4 is 17.0 Å². The number of likely N-dealkylation sites (tertiary alicyclic amines) is 1. The SMILES string of the molecule is Cc1cc(C(=O)N2CC[C@H]3CC[C@@H](C2)N3C(C)C)c2c(C)noc2n1. The summed E-state index contributed by atoms with van der Waals surface area (Å²) in [5.74, 6) is 0.0815. The summed E-state index contributed by atoms with van der Waals surface area (Å²) >= 11 is 0. The fraction of sp³-hybridized carbons (Fsp3) is 0.632. The summed E-state index contributed by atoms with van der Waals surface area (Å²) < 4.78 is 5.29. The van der Waals surface area contributed by atoms with E-state index in [1.54, 1.807) is 0 Å². The van der Waals surface area contributed by atoms with Crippen molar-refractivity contribution in [3.05, 3.63) is 23.0 Å². The predicted molar refractivity (Wildman–Crippen MR) is 95.6 cm³/mol. The summed E-state index contributed by atoms with van der Waals surface area (Å²) in [5, 5.41) is 4.76. The molecule has 25 heavy (non-hydrogen) atoms. The fourth-order valence-corrected chi connectivity index (χ4v) is 4.69. The van der Waals surface area contributed by atoms with Crippen LogP contribution in [-0.2, 0) is 0 Å². The van der Waals surface area contributed by atoms with E-state index in [4.69, 9.17) is 4.52 Å². The van der Waals surface area contributed by atoms with E-state index in [1.807, 2.05) is 24.8 Å². The van der Waals surface area contributed by atoms with E-state index in [0.29, 0.717) is 29.4 Å². The summed E-state index contributed by atoms with van der Waals surface area (Å²) in [5.41, 5.74) is 2.65. The van der Waals surface area contributed by atoms with Gasteiger partial charge in [0.25, 0.3) is 11.6 Å². The first-order valence-electron chi connectivity index (χ1n) is 9.26. The molecular formula is C19H26N4O2. The maximum atomic E-state index is 13.3. The summed E-state index contributed by atoms with van der Waals surface area (Å²) in [6, 6.07) is 3.48. The molecule has 2 aromatic heterocycles. The van der Waals surface area contributed by atoms with Gasteiger partial charge in [-0.05, 0) is 53.0 Å². The molecule has 2 fully saturated rings. The van der Waals surface area contributed by atoms with Crippen molar-refractivity contribution in [2.24, 2.45) is 0 Å². The number of amides is 1. The summed E-state index contributed by atoms with van der Waals surface area (Å²) in [6.45, 7) is 9.90. The molecule has 6 nitrogen and oxygen atoms in total. The molecule has 0 saturated carbocycles. The van der Waals surface area contributed by atoms with E-state index in [0.717, 1.165) is 36.3 Å². The van der Waals surface area contributed by atoms with E-state index in [-0.39, 0.29) is 5.91 Å². The molecule has 2 atom stereocenters. The van der Waals surface area contributed by atoms with Gasteiger partial charge in [-0.15, -0.1) is 0 Å². The van der Waals surface area contributed by atoms with Gasteiger partial charge in [-0.2, -0.15) is 0 Å². The number of fused-ring (bicyclic) bond motifs is 3. The van der Waals surface area contributed by atoms with E-state index in [2.05, 4.69) is 28.9 Å². The zero-order chi connectivity index (χ0) is 17.7. The largest absolute Gasteiger partial charge is 0.337 e. The molecule has 2 aliphatic rings.